The molecule has 0 radical (unpaired) electrons. The zero-order valence-electron chi connectivity index (χ0n) is 11.9. The first-order valence-corrected chi connectivity index (χ1v) is 7.86. The summed E-state index contributed by atoms with van der Waals surface area (Å²) in [5.41, 5.74) is 4.71. The highest BCUT2D eigenvalue weighted by Crippen LogP contribution is 2.33. The third kappa shape index (κ3) is 3.26. The van der Waals surface area contributed by atoms with Crippen LogP contribution in [0, 0.1) is 17.6 Å². The second kappa shape index (κ2) is 6.40. The minimum absolute atomic E-state index is 0.182. The first kappa shape index (κ1) is 16.4. The molecular formula is C15H19BrF2N2O. The molecule has 0 saturated heterocycles. The van der Waals surface area contributed by atoms with Crippen LogP contribution in [0.1, 0.15) is 43.0 Å². The van der Waals surface area contributed by atoms with Crippen molar-refractivity contribution in [3.8, 4) is 0 Å². The van der Waals surface area contributed by atoms with E-state index in [0.29, 0.717) is 0 Å². The molecule has 1 aromatic rings. The molecule has 0 bridgehead atoms. The summed E-state index contributed by atoms with van der Waals surface area (Å²) < 4.78 is 28.0. The Balaban J connectivity index is 2.28. The van der Waals surface area contributed by atoms with Gasteiger partial charge in [0.2, 0.25) is 0 Å². The number of hydrogen-bond donors (Lipinski definition) is 2. The van der Waals surface area contributed by atoms with E-state index in [2.05, 4.69) is 21.2 Å². The quantitative estimate of drug-likeness (QED) is 0.868. The van der Waals surface area contributed by atoms with Crippen molar-refractivity contribution in [1.82, 2.24) is 5.32 Å². The molecule has 0 heterocycles. The molecule has 1 aromatic carbocycles. The highest BCUT2D eigenvalue weighted by molar-refractivity contribution is 9.10. The molecule has 1 saturated carbocycles. The van der Waals surface area contributed by atoms with Gasteiger partial charge in [-0.05, 0) is 30.9 Å². The third-order valence-electron chi connectivity index (χ3n) is 4.41. The van der Waals surface area contributed by atoms with Crippen LogP contribution in [0.2, 0.25) is 0 Å². The van der Waals surface area contributed by atoms with Crippen LogP contribution in [-0.2, 0) is 0 Å². The summed E-state index contributed by atoms with van der Waals surface area (Å²) in [4.78, 5) is 12.3. The lowest BCUT2D eigenvalue weighted by atomic mass is 9.73. The number of carbonyl (C=O) groups is 1. The molecular weight excluding hydrogens is 342 g/mol. The molecule has 1 amide bonds. The number of nitrogens with two attached hydrogens (primary N) is 1. The van der Waals surface area contributed by atoms with Crippen LogP contribution in [0.5, 0.6) is 0 Å². The fourth-order valence-electron chi connectivity index (χ4n) is 3.00. The van der Waals surface area contributed by atoms with Crippen molar-refractivity contribution in [3.63, 3.8) is 0 Å². The average molecular weight is 361 g/mol. The number of carbonyl (C=O) groups excluding carboxylic acids is 1. The lowest BCUT2D eigenvalue weighted by molar-refractivity contribution is 0.0804. The number of nitrogens with one attached hydrogen (secondary N) is 1. The van der Waals surface area contributed by atoms with Crippen LogP contribution in [-0.4, -0.2) is 18.0 Å². The lowest BCUT2D eigenvalue weighted by Gasteiger charge is -2.42. The van der Waals surface area contributed by atoms with Gasteiger partial charge in [0, 0.05) is 11.0 Å². The van der Waals surface area contributed by atoms with Gasteiger partial charge in [0.1, 0.15) is 17.2 Å². The molecule has 0 spiro atoms. The fraction of sp³-hybridized carbons (Fsp3) is 0.533. The van der Waals surface area contributed by atoms with Gasteiger partial charge in [-0.2, -0.15) is 0 Å². The summed E-state index contributed by atoms with van der Waals surface area (Å²) in [7, 11) is 0. The highest BCUT2D eigenvalue weighted by atomic mass is 79.9. The van der Waals surface area contributed by atoms with Gasteiger partial charge in [0.25, 0.3) is 5.91 Å². The SMILES string of the molecule is CC1CCCCC1(CN)NC(=O)c1c(F)cc(Br)cc1F. The molecule has 3 N–H and O–H groups in total. The van der Waals surface area contributed by atoms with Crippen LogP contribution in [0.15, 0.2) is 16.6 Å². The van der Waals surface area contributed by atoms with Crippen LogP contribution in [0.3, 0.4) is 0 Å². The molecule has 2 unspecified atom stereocenters. The number of rotatable bonds is 3. The zero-order valence-corrected chi connectivity index (χ0v) is 13.5. The maximum Gasteiger partial charge on any atom is 0.257 e. The minimum Gasteiger partial charge on any atom is -0.345 e. The van der Waals surface area contributed by atoms with Gasteiger partial charge in [0.05, 0.1) is 5.54 Å². The fourth-order valence-corrected chi connectivity index (χ4v) is 3.40. The van der Waals surface area contributed by atoms with E-state index in [1.807, 2.05) is 6.92 Å². The van der Waals surface area contributed by atoms with E-state index in [9.17, 15) is 13.6 Å². The standard InChI is InChI=1S/C15H19BrF2N2O/c1-9-4-2-3-5-15(9,8-19)20-14(21)13-11(17)6-10(16)7-12(13)18/h6-7,9H,2-5,8,19H2,1H3,(H,20,21). The van der Waals surface area contributed by atoms with Gasteiger partial charge in [-0.1, -0.05) is 35.7 Å². The molecule has 6 heteroatoms. The van der Waals surface area contributed by atoms with Gasteiger partial charge in [0.15, 0.2) is 0 Å². The normalized spacial score (nSPS) is 25.7. The van der Waals surface area contributed by atoms with E-state index in [-0.39, 0.29) is 16.9 Å². The van der Waals surface area contributed by atoms with Gasteiger partial charge in [-0.15, -0.1) is 0 Å². The van der Waals surface area contributed by atoms with E-state index in [1.165, 1.54) is 0 Å². The first-order valence-electron chi connectivity index (χ1n) is 7.07. The Kier molecular flexibility index (Phi) is 4.99. The van der Waals surface area contributed by atoms with Crippen molar-refractivity contribution in [2.75, 3.05) is 6.54 Å². The summed E-state index contributed by atoms with van der Waals surface area (Å²) in [5, 5.41) is 2.79. The van der Waals surface area contributed by atoms with E-state index in [0.717, 1.165) is 37.8 Å². The summed E-state index contributed by atoms with van der Waals surface area (Å²) >= 11 is 3.00. The van der Waals surface area contributed by atoms with Gasteiger partial charge in [-0.3, -0.25) is 4.79 Å². The summed E-state index contributed by atoms with van der Waals surface area (Å²) in [6.07, 6.45) is 3.71. The van der Waals surface area contributed by atoms with Gasteiger partial charge < -0.3 is 11.1 Å². The largest absolute Gasteiger partial charge is 0.345 e. The molecule has 3 nitrogen and oxygen atoms in total. The Morgan fingerprint density at radius 2 is 2.05 bits per heavy atom. The van der Waals surface area contributed by atoms with Crippen LogP contribution < -0.4 is 11.1 Å². The number of halogens is 3. The minimum atomic E-state index is -0.880. The summed E-state index contributed by atoms with van der Waals surface area (Å²) in [6.45, 7) is 2.28. The van der Waals surface area contributed by atoms with E-state index < -0.39 is 28.6 Å². The van der Waals surface area contributed by atoms with E-state index >= 15 is 0 Å². The number of amides is 1. The maximum atomic E-state index is 13.9. The molecule has 1 aliphatic rings. The predicted molar refractivity (Wildman–Crippen MR) is 80.9 cm³/mol. The van der Waals surface area contributed by atoms with Crippen molar-refractivity contribution in [1.29, 1.82) is 0 Å². The van der Waals surface area contributed by atoms with Crippen molar-refractivity contribution in [2.24, 2.45) is 11.7 Å². The maximum absolute atomic E-state index is 13.9. The number of hydrogen-bond acceptors (Lipinski definition) is 2. The smallest absolute Gasteiger partial charge is 0.257 e. The molecule has 21 heavy (non-hydrogen) atoms. The Bertz CT molecular complexity index is 529. The van der Waals surface area contributed by atoms with Gasteiger partial charge in [-0.25, -0.2) is 8.78 Å². The lowest BCUT2D eigenvalue weighted by Crippen LogP contribution is -2.59. The van der Waals surface area contributed by atoms with Crippen molar-refractivity contribution in [2.45, 2.75) is 38.1 Å². The molecule has 0 aliphatic heterocycles. The monoisotopic (exact) mass is 360 g/mol. The summed E-state index contributed by atoms with van der Waals surface area (Å²) in [5.74, 6) is -2.32. The zero-order chi connectivity index (χ0) is 15.6. The van der Waals surface area contributed by atoms with Crippen LogP contribution in [0.4, 0.5) is 8.78 Å². The molecule has 1 fully saturated rings. The Hall–Kier alpha value is -1.01. The Morgan fingerprint density at radius 3 is 2.57 bits per heavy atom. The topological polar surface area (TPSA) is 55.1 Å². The van der Waals surface area contributed by atoms with Gasteiger partial charge >= 0.3 is 0 Å². The second-order valence-electron chi connectivity index (χ2n) is 5.71. The predicted octanol–water partition coefficient (Wildman–Crippen LogP) is 3.36. The second-order valence-corrected chi connectivity index (χ2v) is 6.62. The Labute approximate surface area is 131 Å². The Morgan fingerprint density at radius 1 is 1.43 bits per heavy atom. The summed E-state index contributed by atoms with van der Waals surface area (Å²) in [6, 6.07) is 2.16. The number of benzene rings is 1. The van der Waals surface area contributed by atoms with Crippen LogP contribution in [0.25, 0.3) is 0 Å². The molecule has 0 aromatic heterocycles. The van der Waals surface area contributed by atoms with E-state index in [1.54, 1.807) is 0 Å². The van der Waals surface area contributed by atoms with Crippen molar-refractivity contribution < 1.29 is 13.6 Å². The van der Waals surface area contributed by atoms with Crippen molar-refractivity contribution in [3.05, 3.63) is 33.8 Å². The molecule has 2 atom stereocenters. The van der Waals surface area contributed by atoms with Crippen molar-refractivity contribution >= 4 is 21.8 Å². The first-order chi connectivity index (χ1) is 9.89. The molecule has 116 valence electrons. The average Bonchev–Trinajstić information content (AvgIpc) is 2.40. The third-order valence-corrected chi connectivity index (χ3v) is 4.87. The molecule has 2 rings (SSSR count). The highest BCUT2D eigenvalue weighted by Gasteiger charge is 2.39. The van der Waals surface area contributed by atoms with Crippen LogP contribution >= 0.6 is 15.9 Å². The molecule has 1 aliphatic carbocycles. The van der Waals surface area contributed by atoms with E-state index in [4.69, 9.17) is 5.73 Å².